The molecule has 100 valence electrons. The van der Waals surface area contributed by atoms with Crippen molar-refractivity contribution in [3.63, 3.8) is 0 Å². The monoisotopic (exact) mass is 266 g/mol. The molecule has 0 aromatic heterocycles. The van der Waals surface area contributed by atoms with Crippen molar-refractivity contribution in [3.05, 3.63) is 0 Å². The number of unbranched alkanes of at least 4 members (excludes halogenated alkanes) is 5. The third-order valence-electron chi connectivity index (χ3n) is 4.00. The van der Waals surface area contributed by atoms with Gasteiger partial charge in [0.15, 0.2) is 0 Å². The first-order chi connectivity index (χ1) is 7.24. The Hall–Kier alpha value is 0.720. The van der Waals surface area contributed by atoms with E-state index >= 15 is 0 Å². The Labute approximate surface area is 111 Å². The van der Waals surface area contributed by atoms with E-state index in [0.717, 1.165) is 0 Å². The van der Waals surface area contributed by atoms with Crippen LogP contribution in [-0.4, -0.2) is 24.6 Å². The molecule has 0 nitrogen and oxygen atoms in total. The fourth-order valence-electron chi connectivity index (χ4n) is 2.37. The van der Waals surface area contributed by atoms with E-state index in [1.54, 1.807) is 6.16 Å². The summed E-state index contributed by atoms with van der Waals surface area (Å²) in [6.45, 7) is 9.54. The summed E-state index contributed by atoms with van der Waals surface area (Å²) < 4.78 is 0. The van der Waals surface area contributed by atoms with Gasteiger partial charge in [-0.25, -0.2) is 0 Å². The molecular weight excluding hydrogens is 235 g/mol. The van der Waals surface area contributed by atoms with Crippen LogP contribution >= 0.6 is 7.26 Å². The molecular formula is C14H32ClP. The van der Waals surface area contributed by atoms with Crippen LogP contribution in [0, 0.1) is 0 Å². The highest BCUT2D eigenvalue weighted by Crippen LogP contribution is 2.58. The molecule has 0 radical (unpaired) electrons. The molecule has 16 heavy (non-hydrogen) atoms. The van der Waals surface area contributed by atoms with Gasteiger partial charge < -0.3 is 12.4 Å². The number of hydrogen-bond donors (Lipinski definition) is 0. The Morgan fingerprint density at radius 3 is 1.50 bits per heavy atom. The average Bonchev–Trinajstić information content (AvgIpc) is 2.29. The summed E-state index contributed by atoms with van der Waals surface area (Å²) in [4.78, 5) is 0. The first-order valence-electron chi connectivity index (χ1n) is 7.09. The summed E-state index contributed by atoms with van der Waals surface area (Å²) >= 11 is 0. The molecule has 0 saturated heterocycles. The van der Waals surface area contributed by atoms with E-state index in [-0.39, 0.29) is 12.4 Å². The smallest absolute Gasteiger partial charge is 0.0594 e. The predicted molar refractivity (Wildman–Crippen MR) is 76.8 cm³/mol. The van der Waals surface area contributed by atoms with E-state index in [9.17, 15) is 0 Å². The predicted octanol–water partition coefficient (Wildman–Crippen LogP) is 2.43. The Morgan fingerprint density at radius 1 is 0.625 bits per heavy atom. The maximum Gasteiger partial charge on any atom is 0.0594 e. The molecule has 0 aliphatic rings. The molecule has 0 atom stereocenters. The minimum absolute atomic E-state index is 0. The molecule has 0 aromatic carbocycles. The van der Waals surface area contributed by atoms with E-state index in [1.807, 2.05) is 0 Å². The first-order valence-corrected chi connectivity index (χ1v) is 9.62. The maximum atomic E-state index is 2.41. The SMILES string of the molecule is CCCCCCCC[P+](CC)(CC)CC.[Cl-]. The van der Waals surface area contributed by atoms with Crippen LogP contribution in [0.25, 0.3) is 0 Å². The molecule has 0 N–H and O–H groups in total. The lowest BCUT2D eigenvalue weighted by Crippen LogP contribution is -3.00. The molecule has 0 aromatic rings. The molecule has 0 fully saturated rings. The Morgan fingerprint density at radius 2 is 1.06 bits per heavy atom. The second kappa shape index (κ2) is 12.2. The summed E-state index contributed by atoms with van der Waals surface area (Å²) in [5.41, 5.74) is 0. The highest BCUT2D eigenvalue weighted by molar-refractivity contribution is 7.75. The first kappa shape index (κ1) is 19.1. The molecule has 0 bridgehead atoms. The van der Waals surface area contributed by atoms with Crippen molar-refractivity contribution in [3.8, 4) is 0 Å². The van der Waals surface area contributed by atoms with Gasteiger partial charge in [0.25, 0.3) is 0 Å². The van der Waals surface area contributed by atoms with E-state index in [4.69, 9.17) is 0 Å². The van der Waals surface area contributed by atoms with Crippen LogP contribution < -0.4 is 12.4 Å². The van der Waals surface area contributed by atoms with Gasteiger partial charge in [0.2, 0.25) is 0 Å². The molecule has 0 aliphatic heterocycles. The molecule has 0 amide bonds. The highest BCUT2D eigenvalue weighted by atomic mass is 35.5. The number of halogens is 1. The minimum Gasteiger partial charge on any atom is -1.00 e. The van der Waals surface area contributed by atoms with Crippen molar-refractivity contribution in [1.82, 2.24) is 0 Å². The fraction of sp³-hybridized carbons (Fsp3) is 1.00. The maximum absolute atomic E-state index is 2.41. The van der Waals surface area contributed by atoms with Gasteiger partial charge in [0.05, 0.1) is 24.6 Å². The highest BCUT2D eigenvalue weighted by Gasteiger charge is 2.29. The normalized spacial score (nSPS) is 11.2. The van der Waals surface area contributed by atoms with Crippen molar-refractivity contribution in [2.24, 2.45) is 0 Å². The average molecular weight is 267 g/mol. The Kier molecular flexibility index (Phi) is 14.5. The molecule has 0 spiro atoms. The number of hydrogen-bond acceptors (Lipinski definition) is 0. The van der Waals surface area contributed by atoms with Gasteiger partial charge in [-0.05, 0) is 33.6 Å². The minimum atomic E-state index is -0.494. The quantitative estimate of drug-likeness (QED) is 0.421. The van der Waals surface area contributed by atoms with Crippen LogP contribution in [-0.2, 0) is 0 Å². The summed E-state index contributed by atoms with van der Waals surface area (Å²) in [5.74, 6) is 0. The Bertz CT molecular complexity index is 124. The lowest BCUT2D eigenvalue weighted by molar-refractivity contribution is -0.00000355. The van der Waals surface area contributed by atoms with Crippen LogP contribution in [0.5, 0.6) is 0 Å². The standard InChI is InChI=1S/C14H32P.ClH/c1-5-9-10-11-12-13-14-15(6-2,7-3)8-4;/h5-14H2,1-4H3;1H/q+1;/p-1. The molecule has 0 aliphatic carbocycles. The van der Waals surface area contributed by atoms with Gasteiger partial charge in [0.1, 0.15) is 0 Å². The third kappa shape index (κ3) is 7.91. The zero-order chi connectivity index (χ0) is 11.6. The fourth-order valence-corrected chi connectivity index (χ4v) is 5.56. The van der Waals surface area contributed by atoms with E-state index in [2.05, 4.69) is 27.7 Å². The summed E-state index contributed by atoms with van der Waals surface area (Å²) in [6.07, 6.45) is 14.8. The largest absolute Gasteiger partial charge is 1.00 e. The topological polar surface area (TPSA) is 0 Å². The molecule has 0 unspecified atom stereocenters. The van der Waals surface area contributed by atoms with Crippen molar-refractivity contribution >= 4 is 7.26 Å². The molecule has 0 heterocycles. The second-order valence-corrected chi connectivity index (χ2v) is 9.81. The third-order valence-corrected chi connectivity index (χ3v) is 9.29. The zero-order valence-electron chi connectivity index (χ0n) is 11.9. The summed E-state index contributed by atoms with van der Waals surface area (Å²) in [6, 6.07) is 0. The van der Waals surface area contributed by atoms with Crippen molar-refractivity contribution < 1.29 is 12.4 Å². The summed E-state index contributed by atoms with van der Waals surface area (Å²) in [5, 5.41) is 0. The van der Waals surface area contributed by atoms with Gasteiger partial charge in [-0.15, -0.1) is 0 Å². The van der Waals surface area contributed by atoms with Crippen molar-refractivity contribution in [2.45, 2.75) is 66.2 Å². The second-order valence-electron chi connectivity index (χ2n) is 4.78. The van der Waals surface area contributed by atoms with Crippen LogP contribution in [0.4, 0.5) is 0 Å². The lowest BCUT2D eigenvalue weighted by Gasteiger charge is -2.23. The van der Waals surface area contributed by atoms with E-state index in [0.29, 0.717) is 0 Å². The van der Waals surface area contributed by atoms with Crippen LogP contribution in [0.2, 0.25) is 0 Å². The molecule has 2 heteroatoms. The van der Waals surface area contributed by atoms with E-state index in [1.165, 1.54) is 57.0 Å². The Balaban J connectivity index is 0. The van der Waals surface area contributed by atoms with Gasteiger partial charge in [-0.3, -0.25) is 0 Å². The zero-order valence-corrected chi connectivity index (χ0v) is 13.5. The van der Waals surface area contributed by atoms with Crippen molar-refractivity contribution in [1.29, 1.82) is 0 Å². The van der Waals surface area contributed by atoms with Crippen molar-refractivity contribution in [2.75, 3.05) is 24.6 Å². The van der Waals surface area contributed by atoms with Gasteiger partial charge in [0, 0.05) is 7.26 Å². The lowest BCUT2D eigenvalue weighted by atomic mass is 10.1. The number of rotatable bonds is 10. The van der Waals surface area contributed by atoms with Gasteiger partial charge in [-0.1, -0.05) is 32.6 Å². The molecule has 0 saturated carbocycles. The van der Waals surface area contributed by atoms with Crippen LogP contribution in [0.15, 0.2) is 0 Å². The van der Waals surface area contributed by atoms with Crippen LogP contribution in [0.1, 0.15) is 66.2 Å². The van der Waals surface area contributed by atoms with E-state index < -0.39 is 7.26 Å². The summed E-state index contributed by atoms with van der Waals surface area (Å²) in [7, 11) is -0.494. The van der Waals surface area contributed by atoms with Gasteiger partial charge in [-0.2, -0.15) is 0 Å². The molecule has 0 rings (SSSR count). The van der Waals surface area contributed by atoms with Gasteiger partial charge >= 0.3 is 0 Å². The van der Waals surface area contributed by atoms with Crippen LogP contribution in [0.3, 0.4) is 0 Å².